The van der Waals surface area contributed by atoms with Crippen LogP contribution in [0.4, 0.5) is 0 Å². The molecule has 0 atom stereocenters. The van der Waals surface area contributed by atoms with E-state index in [9.17, 15) is 4.79 Å². The van der Waals surface area contributed by atoms with Crippen LogP contribution in [0.3, 0.4) is 0 Å². The number of pyridine rings is 1. The van der Waals surface area contributed by atoms with Crippen molar-refractivity contribution in [2.24, 2.45) is 0 Å². The highest BCUT2D eigenvalue weighted by Crippen LogP contribution is 2.19. The highest BCUT2D eigenvalue weighted by Gasteiger charge is 2.13. The number of rotatable bonds is 6. The number of piperidine rings is 1. The molecule has 0 bridgehead atoms. The molecule has 3 aromatic rings. The van der Waals surface area contributed by atoms with E-state index in [0.717, 1.165) is 30.8 Å². The van der Waals surface area contributed by atoms with E-state index in [1.807, 2.05) is 34.9 Å². The van der Waals surface area contributed by atoms with Gasteiger partial charge >= 0.3 is 0 Å². The van der Waals surface area contributed by atoms with E-state index in [4.69, 9.17) is 11.6 Å². The molecule has 1 amide bonds. The number of hydrogen-bond donors (Lipinski definition) is 1. The number of carbonyl (C=O) groups excluding carboxylic acids is 1. The molecule has 2 aromatic heterocycles. The van der Waals surface area contributed by atoms with Gasteiger partial charge in [-0.1, -0.05) is 48.4 Å². The van der Waals surface area contributed by atoms with Gasteiger partial charge in [0.05, 0.1) is 5.69 Å². The lowest BCUT2D eigenvalue weighted by Gasteiger charge is -2.27. The molecule has 1 aliphatic heterocycles. The number of fused-ring (bicyclic) bond motifs is 1. The number of hydrogen-bond acceptors (Lipinski definition) is 3. The molecule has 0 spiro atoms. The summed E-state index contributed by atoms with van der Waals surface area (Å²) in [6.45, 7) is 3.76. The lowest BCUT2D eigenvalue weighted by Crippen LogP contribution is -2.30. The van der Waals surface area contributed by atoms with E-state index in [1.54, 1.807) is 6.08 Å². The van der Waals surface area contributed by atoms with Crippen LogP contribution in [0.25, 0.3) is 11.7 Å². The minimum absolute atomic E-state index is 0.153. The molecule has 1 aromatic carbocycles. The molecule has 0 aliphatic carbocycles. The minimum atomic E-state index is -0.153. The Morgan fingerprint density at radius 2 is 1.83 bits per heavy atom. The quantitative estimate of drug-likeness (QED) is 0.618. The zero-order valence-electron chi connectivity index (χ0n) is 16.4. The average Bonchev–Trinajstić information content (AvgIpc) is 3.07. The molecule has 0 radical (unpaired) electrons. The van der Waals surface area contributed by atoms with Gasteiger partial charge < -0.3 is 5.32 Å². The van der Waals surface area contributed by atoms with Crippen LogP contribution in [0.5, 0.6) is 0 Å². The first-order chi connectivity index (χ1) is 14.2. The topological polar surface area (TPSA) is 49.6 Å². The number of aromatic nitrogens is 2. The predicted octanol–water partition coefficient (Wildman–Crippen LogP) is 4.30. The van der Waals surface area contributed by atoms with Gasteiger partial charge in [0, 0.05) is 25.4 Å². The normalized spacial score (nSPS) is 15.2. The summed E-state index contributed by atoms with van der Waals surface area (Å²) in [4.78, 5) is 19.2. The van der Waals surface area contributed by atoms with Crippen molar-refractivity contribution in [1.82, 2.24) is 19.6 Å². The van der Waals surface area contributed by atoms with Crippen LogP contribution in [0.2, 0.25) is 5.15 Å². The van der Waals surface area contributed by atoms with E-state index < -0.39 is 0 Å². The molecule has 1 saturated heterocycles. The van der Waals surface area contributed by atoms with E-state index in [1.165, 1.54) is 30.9 Å². The second kappa shape index (κ2) is 9.25. The first-order valence-corrected chi connectivity index (χ1v) is 10.5. The molecule has 0 unspecified atom stereocenters. The summed E-state index contributed by atoms with van der Waals surface area (Å²) in [5, 5.41) is 3.37. The third-order valence-corrected chi connectivity index (χ3v) is 5.61. The molecule has 3 heterocycles. The van der Waals surface area contributed by atoms with Crippen molar-refractivity contribution < 1.29 is 4.79 Å². The first-order valence-electron chi connectivity index (χ1n) is 10.1. The third kappa shape index (κ3) is 4.86. The van der Waals surface area contributed by atoms with E-state index in [0.29, 0.717) is 17.4 Å². The summed E-state index contributed by atoms with van der Waals surface area (Å²) in [5.41, 5.74) is 3.89. The van der Waals surface area contributed by atoms with Crippen molar-refractivity contribution in [3.63, 3.8) is 0 Å². The molecule has 29 heavy (non-hydrogen) atoms. The average molecular weight is 409 g/mol. The van der Waals surface area contributed by atoms with Gasteiger partial charge in [-0.15, -0.1) is 0 Å². The highest BCUT2D eigenvalue weighted by atomic mass is 35.5. The summed E-state index contributed by atoms with van der Waals surface area (Å²) < 4.78 is 1.86. The zero-order chi connectivity index (χ0) is 20.1. The van der Waals surface area contributed by atoms with Crippen LogP contribution in [0.1, 0.15) is 36.1 Å². The van der Waals surface area contributed by atoms with Crippen molar-refractivity contribution in [2.75, 3.05) is 13.1 Å². The summed E-state index contributed by atoms with van der Waals surface area (Å²) in [7, 11) is 0. The summed E-state index contributed by atoms with van der Waals surface area (Å²) in [5.74, 6) is -0.153. The van der Waals surface area contributed by atoms with Crippen LogP contribution in [0.15, 0.2) is 54.7 Å². The number of likely N-dealkylation sites (tertiary alicyclic amines) is 1. The van der Waals surface area contributed by atoms with Gasteiger partial charge in [0.25, 0.3) is 0 Å². The van der Waals surface area contributed by atoms with Gasteiger partial charge in [-0.2, -0.15) is 0 Å². The molecule has 5 nitrogen and oxygen atoms in total. The SMILES string of the molecule is O=C(/C=C/c1c(Cl)nc2ccccn12)NCc1ccccc1CN1CCCCC1. The fourth-order valence-corrected chi connectivity index (χ4v) is 4.01. The molecule has 150 valence electrons. The number of amides is 1. The number of halogens is 1. The Labute approximate surface area is 176 Å². The van der Waals surface area contributed by atoms with Crippen LogP contribution < -0.4 is 5.32 Å². The minimum Gasteiger partial charge on any atom is -0.348 e. The molecule has 0 saturated carbocycles. The zero-order valence-corrected chi connectivity index (χ0v) is 17.1. The van der Waals surface area contributed by atoms with E-state index >= 15 is 0 Å². The van der Waals surface area contributed by atoms with Gasteiger partial charge in [-0.3, -0.25) is 14.1 Å². The second-order valence-electron chi connectivity index (χ2n) is 7.37. The maximum absolute atomic E-state index is 12.4. The van der Waals surface area contributed by atoms with Gasteiger partial charge in [-0.05, 0) is 55.3 Å². The molecular formula is C23H25ClN4O. The Morgan fingerprint density at radius 1 is 1.07 bits per heavy atom. The number of nitrogens with one attached hydrogen (secondary N) is 1. The number of carbonyl (C=O) groups is 1. The van der Waals surface area contributed by atoms with Gasteiger partial charge in [0.1, 0.15) is 5.65 Å². The monoisotopic (exact) mass is 408 g/mol. The summed E-state index contributed by atoms with van der Waals surface area (Å²) >= 11 is 6.22. The lowest BCUT2D eigenvalue weighted by molar-refractivity contribution is -0.116. The Morgan fingerprint density at radius 3 is 2.66 bits per heavy atom. The maximum Gasteiger partial charge on any atom is 0.244 e. The second-order valence-corrected chi connectivity index (χ2v) is 7.73. The van der Waals surface area contributed by atoms with Crippen molar-refractivity contribution in [3.05, 3.63) is 76.7 Å². The van der Waals surface area contributed by atoms with Crippen molar-refractivity contribution in [3.8, 4) is 0 Å². The van der Waals surface area contributed by atoms with Crippen molar-refractivity contribution in [2.45, 2.75) is 32.4 Å². The van der Waals surface area contributed by atoms with Crippen LogP contribution in [0, 0.1) is 0 Å². The Kier molecular flexibility index (Phi) is 6.27. The predicted molar refractivity (Wildman–Crippen MR) is 117 cm³/mol. The van der Waals surface area contributed by atoms with Gasteiger partial charge in [0.2, 0.25) is 5.91 Å². The van der Waals surface area contributed by atoms with Crippen molar-refractivity contribution >= 4 is 29.2 Å². The van der Waals surface area contributed by atoms with E-state index in [2.05, 4.69) is 33.4 Å². The molecule has 4 rings (SSSR count). The van der Waals surface area contributed by atoms with Crippen LogP contribution >= 0.6 is 11.6 Å². The summed E-state index contributed by atoms with van der Waals surface area (Å²) in [6, 6.07) is 14.0. The summed E-state index contributed by atoms with van der Waals surface area (Å²) in [6.07, 6.45) is 8.97. The Bertz CT molecular complexity index is 1020. The smallest absolute Gasteiger partial charge is 0.244 e. The number of benzene rings is 1. The first kappa shape index (κ1) is 19.7. The van der Waals surface area contributed by atoms with Crippen LogP contribution in [-0.4, -0.2) is 33.3 Å². The fourth-order valence-electron chi connectivity index (χ4n) is 3.77. The van der Waals surface area contributed by atoms with Gasteiger partial charge in [-0.25, -0.2) is 4.98 Å². The number of nitrogens with zero attached hydrogens (tertiary/aromatic N) is 3. The largest absolute Gasteiger partial charge is 0.348 e. The van der Waals surface area contributed by atoms with Gasteiger partial charge in [0.15, 0.2) is 5.15 Å². The maximum atomic E-state index is 12.4. The Balaban J connectivity index is 1.39. The molecule has 1 N–H and O–H groups in total. The van der Waals surface area contributed by atoms with E-state index in [-0.39, 0.29) is 5.91 Å². The Hall–Kier alpha value is -2.63. The lowest BCUT2D eigenvalue weighted by atomic mass is 10.0. The molecule has 6 heteroatoms. The highest BCUT2D eigenvalue weighted by molar-refractivity contribution is 6.31. The molecule has 1 aliphatic rings. The fraction of sp³-hybridized carbons (Fsp3) is 0.304. The van der Waals surface area contributed by atoms with Crippen LogP contribution in [-0.2, 0) is 17.9 Å². The third-order valence-electron chi connectivity index (χ3n) is 5.33. The standard InChI is InChI=1S/C23H25ClN4O/c24-23-20(28-15-7-4-10-21(28)26-23)11-12-22(29)25-16-18-8-2-3-9-19(18)17-27-13-5-1-6-14-27/h2-4,7-12,15H,1,5-6,13-14,16-17H2,(H,25,29)/b12-11+. The number of imidazole rings is 1. The molecular weight excluding hydrogens is 384 g/mol. The molecule has 1 fully saturated rings. The van der Waals surface area contributed by atoms with Crippen molar-refractivity contribution in [1.29, 1.82) is 0 Å².